The van der Waals surface area contributed by atoms with Crippen LogP contribution in [0.1, 0.15) is 19.8 Å². The Labute approximate surface area is 73.0 Å². The van der Waals surface area contributed by atoms with Crippen LogP contribution < -0.4 is 4.72 Å². The van der Waals surface area contributed by atoms with E-state index < -0.39 is 10.0 Å². The van der Waals surface area contributed by atoms with Crippen molar-refractivity contribution in [2.75, 3.05) is 18.9 Å². The molecule has 1 fully saturated rings. The number of rotatable bonds is 5. The molecule has 72 valence electrons. The molecule has 0 atom stereocenters. The smallest absolute Gasteiger partial charge is 0.213 e. The molecule has 0 aromatic carbocycles. The Bertz CT molecular complexity index is 243. The van der Waals surface area contributed by atoms with Gasteiger partial charge in [0, 0.05) is 6.54 Å². The monoisotopic (exact) mass is 193 g/mol. The Morgan fingerprint density at radius 2 is 2.08 bits per heavy atom. The molecule has 12 heavy (non-hydrogen) atoms. The fourth-order valence-corrected chi connectivity index (χ4v) is 1.82. The molecular formula is C7H15NO3S. The van der Waals surface area contributed by atoms with Crippen LogP contribution in [0.4, 0.5) is 0 Å². The highest BCUT2D eigenvalue weighted by Crippen LogP contribution is 2.44. The topological polar surface area (TPSA) is 66.4 Å². The van der Waals surface area contributed by atoms with Gasteiger partial charge in [0.1, 0.15) is 0 Å². The summed E-state index contributed by atoms with van der Waals surface area (Å²) < 4.78 is 24.5. The maximum absolute atomic E-state index is 11.0. The first kappa shape index (κ1) is 9.95. The normalized spacial score (nSPS) is 20.8. The molecule has 0 bridgehead atoms. The summed E-state index contributed by atoms with van der Waals surface area (Å²) in [5.74, 6) is -0.191. The van der Waals surface area contributed by atoms with Gasteiger partial charge in [-0.25, -0.2) is 13.1 Å². The first-order valence-corrected chi connectivity index (χ1v) is 5.71. The van der Waals surface area contributed by atoms with Crippen LogP contribution in [0.5, 0.6) is 0 Å². The highest BCUT2D eigenvalue weighted by atomic mass is 32.2. The zero-order valence-corrected chi connectivity index (χ0v) is 8.02. The molecule has 0 aromatic rings. The van der Waals surface area contributed by atoms with Crippen molar-refractivity contribution >= 4 is 10.0 Å². The van der Waals surface area contributed by atoms with Gasteiger partial charge in [-0.05, 0) is 18.3 Å². The number of aliphatic hydroxyl groups is 1. The summed E-state index contributed by atoms with van der Waals surface area (Å²) in [6.07, 6.45) is 2.18. The molecule has 0 radical (unpaired) electrons. The average Bonchev–Trinajstić information content (AvgIpc) is 2.66. The highest BCUT2D eigenvalue weighted by molar-refractivity contribution is 7.89. The minimum atomic E-state index is -3.22. The first-order valence-electron chi connectivity index (χ1n) is 4.06. The molecule has 1 saturated carbocycles. The molecule has 0 aliphatic heterocycles. The van der Waals surface area contributed by atoms with Crippen molar-refractivity contribution in [3.05, 3.63) is 0 Å². The quantitative estimate of drug-likeness (QED) is 0.630. The second-order valence-corrected chi connectivity index (χ2v) is 5.60. The van der Waals surface area contributed by atoms with E-state index in [1.54, 1.807) is 0 Å². The van der Waals surface area contributed by atoms with Crippen molar-refractivity contribution in [1.82, 2.24) is 4.72 Å². The van der Waals surface area contributed by atoms with Gasteiger partial charge in [0.25, 0.3) is 0 Å². The Balaban J connectivity index is 2.30. The molecule has 0 saturated heterocycles. The molecule has 2 N–H and O–H groups in total. The van der Waals surface area contributed by atoms with Gasteiger partial charge in [-0.1, -0.05) is 6.92 Å². The zero-order chi connectivity index (χ0) is 9.24. The third kappa shape index (κ3) is 3.08. The van der Waals surface area contributed by atoms with Gasteiger partial charge in [0.2, 0.25) is 10.0 Å². The molecular weight excluding hydrogens is 178 g/mol. The third-order valence-corrected chi connectivity index (χ3v) is 3.49. The van der Waals surface area contributed by atoms with Gasteiger partial charge in [0.15, 0.2) is 0 Å². The van der Waals surface area contributed by atoms with Crippen LogP contribution in [0, 0.1) is 5.41 Å². The Morgan fingerprint density at radius 3 is 2.50 bits per heavy atom. The summed E-state index contributed by atoms with van der Waals surface area (Å²) in [6, 6.07) is 0. The SMILES string of the molecule is CC1(CNS(=O)(=O)CCO)CC1. The predicted octanol–water partition coefficient (Wildman–Crippen LogP) is -0.302. The molecule has 1 aliphatic rings. The van der Waals surface area contributed by atoms with E-state index in [1.165, 1.54) is 0 Å². The maximum atomic E-state index is 11.0. The summed E-state index contributed by atoms with van der Waals surface area (Å²) in [6.45, 7) is 2.25. The average molecular weight is 193 g/mol. The molecule has 1 rings (SSSR count). The van der Waals surface area contributed by atoms with Gasteiger partial charge in [-0.15, -0.1) is 0 Å². The van der Waals surface area contributed by atoms with Crippen LogP contribution in [0.2, 0.25) is 0 Å². The number of aliphatic hydroxyl groups excluding tert-OH is 1. The summed E-state index contributed by atoms with van der Waals surface area (Å²) in [5, 5.41) is 8.43. The van der Waals surface area contributed by atoms with Crippen LogP contribution in [0.3, 0.4) is 0 Å². The second kappa shape index (κ2) is 3.32. The Morgan fingerprint density at radius 1 is 1.50 bits per heavy atom. The molecule has 4 nitrogen and oxygen atoms in total. The lowest BCUT2D eigenvalue weighted by Gasteiger charge is -2.09. The lowest BCUT2D eigenvalue weighted by Crippen LogP contribution is -2.32. The summed E-state index contributed by atoms with van der Waals surface area (Å²) in [7, 11) is -3.22. The minimum absolute atomic E-state index is 0.183. The van der Waals surface area contributed by atoms with Crippen LogP contribution in [-0.4, -0.2) is 32.4 Å². The minimum Gasteiger partial charge on any atom is -0.395 e. The number of hydrogen-bond acceptors (Lipinski definition) is 3. The van der Waals surface area contributed by atoms with E-state index in [2.05, 4.69) is 11.6 Å². The van der Waals surface area contributed by atoms with Gasteiger partial charge in [-0.2, -0.15) is 0 Å². The van der Waals surface area contributed by atoms with E-state index in [0.717, 1.165) is 12.8 Å². The van der Waals surface area contributed by atoms with E-state index in [1.807, 2.05) is 0 Å². The van der Waals surface area contributed by atoms with E-state index in [0.29, 0.717) is 6.54 Å². The number of sulfonamides is 1. The summed E-state index contributed by atoms with van der Waals surface area (Å²) in [5.41, 5.74) is 0.183. The van der Waals surface area contributed by atoms with E-state index in [-0.39, 0.29) is 17.8 Å². The Kier molecular flexibility index (Phi) is 2.75. The van der Waals surface area contributed by atoms with Crippen molar-refractivity contribution < 1.29 is 13.5 Å². The predicted molar refractivity (Wildman–Crippen MR) is 46.2 cm³/mol. The van der Waals surface area contributed by atoms with E-state index >= 15 is 0 Å². The fraction of sp³-hybridized carbons (Fsp3) is 1.00. The van der Waals surface area contributed by atoms with E-state index in [9.17, 15) is 8.42 Å². The molecule has 0 heterocycles. The van der Waals surface area contributed by atoms with Crippen molar-refractivity contribution in [1.29, 1.82) is 0 Å². The van der Waals surface area contributed by atoms with Crippen molar-refractivity contribution in [2.45, 2.75) is 19.8 Å². The second-order valence-electron chi connectivity index (χ2n) is 3.67. The van der Waals surface area contributed by atoms with Crippen LogP contribution in [0.25, 0.3) is 0 Å². The summed E-state index contributed by atoms with van der Waals surface area (Å²) >= 11 is 0. The lowest BCUT2D eigenvalue weighted by atomic mass is 10.2. The van der Waals surface area contributed by atoms with Crippen LogP contribution in [-0.2, 0) is 10.0 Å². The zero-order valence-electron chi connectivity index (χ0n) is 7.21. The molecule has 1 aliphatic carbocycles. The lowest BCUT2D eigenvalue weighted by molar-refractivity contribution is 0.319. The molecule has 0 aromatic heterocycles. The third-order valence-electron chi connectivity index (χ3n) is 2.18. The molecule has 5 heteroatoms. The van der Waals surface area contributed by atoms with Crippen molar-refractivity contribution in [3.8, 4) is 0 Å². The fourth-order valence-electron chi connectivity index (χ4n) is 0.867. The van der Waals surface area contributed by atoms with Gasteiger partial charge < -0.3 is 5.11 Å². The first-order chi connectivity index (χ1) is 5.47. The van der Waals surface area contributed by atoms with Gasteiger partial charge in [0.05, 0.1) is 12.4 Å². The Hall–Kier alpha value is -0.130. The largest absolute Gasteiger partial charge is 0.395 e. The van der Waals surface area contributed by atoms with Crippen LogP contribution in [0.15, 0.2) is 0 Å². The standard InChI is InChI=1S/C7H15NO3S/c1-7(2-3-7)6-8-12(10,11)5-4-9/h8-9H,2-6H2,1H3. The molecule has 0 spiro atoms. The van der Waals surface area contributed by atoms with Gasteiger partial charge in [-0.3, -0.25) is 0 Å². The number of nitrogens with one attached hydrogen (secondary N) is 1. The molecule has 0 amide bonds. The maximum Gasteiger partial charge on any atom is 0.213 e. The van der Waals surface area contributed by atoms with Crippen LogP contribution >= 0.6 is 0 Å². The summed E-state index contributed by atoms with van der Waals surface area (Å²) in [4.78, 5) is 0. The highest BCUT2D eigenvalue weighted by Gasteiger charge is 2.37. The van der Waals surface area contributed by atoms with Crippen molar-refractivity contribution in [3.63, 3.8) is 0 Å². The van der Waals surface area contributed by atoms with E-state index in [4.69, 9.17) is 5.11 Å². The van der Waals surface area contributed by atoms with Gasteiger partial charge >= 0.3 is 0 Å². The number of hydrogen-bond donors (Lipinski definition) is 2. The van der Waals surface area contributed by atoms with Crippen molar-refractivity contribution in [2.24, 2.45) is 5.41 Å². The molecule has 0 unspecified atom stereocenters.